The van der Waals surface area contributed by atoms with Crippen LogP contribution in [0, 0.1) is 5.82 Å². The monoisotopic (exact) mass is 381 g/mol. The number of nitrogens with one attached hydrogen (secondary N) is 2. The molecule has 7 heteroatoms. The van der Waals surface area contributed by atoms with E-state index >= 15 is 0 Å². The first kappa shape index (κ1) is 19.2. The summed E-state index contributed by atoms with van der Waals surface area (Å²) in [6.45, 7) is 0.317. The molecule has 0 unspecified atom stereocenters. The Morgan fingerprint density at radius 1 is 1.04 bits per heavy atom. The number of ether oxygens (including phenoxy) is 2. The first-order chi connectivity index (χ1) is 13.6. The molecular weight excluding hydrogens is 361 g/mol. The van der Waals surface area contributed by atoms with Crippen LogP contribution in [0.25, 0.3) is 0 Å². The SMILES string of the molecule is COc1ccc(CNC(=O)c2ccnc(Nc3ccccc3F)c2)cc1OC. The van der Waals surface area contributed by atoms with Crippen molar-refractivity contribution in [2.45, 2.75) is 6.54 Å². The van der Waals surface area contributed by atoms with E-state index in [1.165, 1.54) is 12.3 Å². The average Bonchev–Trinajstić information content (AvgIpc) is 2.73. The summed E-state index contributed by atoms with van der Waals surface area (Å²) in [5.41, 5.74) is 1.57. The van der Waals surface area contributed by atoms with Crippen LogP contribution >= 0.6 is 0 Å². The Labute approximate surface area is 162 Å². The molecule has 2 aromatic carbocycles. The molecule has 0 saturated heterocycles. The standard InChI is InChI=1S/C21H20FN3O3/c1-27-18-8-7-14(11-19(18)28-2)13-24-21(26)15-9-10-23-20(12-15)25-17-6-4-3-5-16(17)22/h3-12H,13H2,1-2H3,(H,23,25)(H,24,26). The maximum Gasteiger partial charge on any atom is 0.251 e. The molecule has 0 radical (unpaired) electrons. The molecule has 1 heterocycles. The third kappa shape index (κ3) is 4.56. The molecule has 144 valence electrons. The van der Waals surface area contributed by atoms with E-state index in [0.717, 1.165) is 5.56 Å². The number of hydrogen-bond acceptors (Lipinski definition) is 5. The third-order valence-corrected chi connectivity index (χ3v) is 4.06. The smallest absolute Gasteiger partial charge is 0.251 e. The molecular formula is C21H20FN3O3. The highest BCUT2D eigenvalue weighted by atomic mass is 19.1. The number of methoxy groups -OCH3 is 2. The van der Waals surface area contributed by atoms with Crippen LogP contribution in [-0.2, 0) is 6.54 Å². The Balaban J connectivity index is 1.67. The molecule has 0 saturated carbocycles. The number of anilines is 2. The van der Waals surface area contributed by atoms with E-state index < -0.39 is 5.82 Å². The van der Waals surface area contributed by atoms with Crippen LogP contribution in [0.3, 0.4) is 0 Å². The maximum absolute atomic E-state index is 13.8. The first-order valence-electron chi connectivity index (χ1n) is 8.57. The molecule has 0 fully saturated rings. The van der Waals surface area contributed by atoms with Gasteiger partial charge in [-0.1, -0.05) is 18.2 Å². The second-order valence-corrected chi connectivity index (χ2v) is 5.91. The van der Waals surface area contributed by atoms with E-state index in [1.807, 2.05) is 6.07 Å². The van der Waals surface area contributed by atoms with E-state index in [1.54, 1.807) is 56.7 Å². The molecule has 0 spiro atoms. The van der Waals surface area contributed by atoms with Crippen molar-refractivity contribution in [3.63, 3.8) is 0 Å². The van der Waals surface area contributed by atoms with Crippen molar-refractivity contribution in [2.75, 3.05) is 19.5 Å². The normalized spacial score (nSPS) is 10.2. The number of pyridine rings is 1. The highest BCUT2D eigenvalue weighted by Gasteiger charge is 2.10. The summed E-state index contributed by atoms with van der Waals surface area (Å²) in [7, 11) is 3.12. The summed E-state index contributed by atoms with van der Waals surface area (Å²) in [6.07, 6.45) is 1.49. The van der Waals surface area contributed by atoms with Gasteiger partial charge in [-0.05, 0) is 42.0 Å². The van der Waals surface area contributed by atoms with Gasteiger partial charge >= 0.3 is 0 Å². The Morgan fingerprint density at radius 3 is 2.57 bits per heavy atom. The predicted octanol–water partition coefficient (Wildman–Crippen LogP) is 3.91. The van der Waals surface area contributed by atoms with Crippen molar-refractivity contribution in [3.05, 3.63) is 77.7 Å². The number of halogens is 1. The number of benzene rings is 2. The van der Waals surface area contributed by atoms with Gasteiger partial charge in [0, 0.05) is 18.3 Å². The molecule has 28 heavy (non-hydrogen) atoms. The van der Waals surface area contributed by atoms with Crippen LogP contribution in [0.2, 0.25) is 0 Å². The second-order valence-electron chi connectivity index (χ2n) is 5.91. The summed E-state index contributed by atoms with van der Waals surface area (Å²) in [6, 6.07) is 14.9. The fourth-order valence-corrected chi connectivity index (χ4v) is 2.62. The lowest BCUT2D eigenvalue weighted by Gasteiger charge is -2.11. The van der Waals surface area contributed by atoms with Crippen molar-refractivity contribution in [1.82, 2.24) is 10.3 Å². The van der Waals surface area contributed by atoms with Gasteiger partial charge < -0.3 is 20.1 Å². The van der Waals surface area contributed by atoms with Crippen LogP contribution in [0.4, 0.5) is 15.9 Å². The molecule has 6 nitrogen and oxygen atoms in total. The molecule has 0 aliphatic heterocycles. The molecule has 0 aliphatic rings. The molecule has 1 aromatic heterocycles. The van der Waals surface area contributed by atoms with Crippen LogP contribution in [0.5, 0.6) is 11.5 Å². The van der Waals surface area contributed by atoms with Gasteiger partial charge in [0.1, 0.15) is 11.6 Å². The van der Waals surface area contributed by atoms with Gasteiger partial charge in [0.15, 0.2) is 11.5 Å². The molecule has 3 rings (SSSR count). The van der Waals surface area contributed by atoms with Crippen LogP contribution in [0.1, 0.15) is 15.9 Å². The van der Waals surface area contributed by atoms with Gasteiger partial charge in [-0.2, -0.15) is 0 Å². The van der Waals surface area contributed by atoms with Crippen LogP contribution in [0.15, 0.2) is 60.8 Å². The lowest BCUT2D eigenvalue weighted by Crippen LogP contribution is -2.23. The molecule has 0 bridgehead atoms. The van der Waals surface area contributed by atoms with Gasteiger partial charge in [-0.15, -0.1) is 0 Å². The number of hydrogen-bond donors (Lipinski definition) is 2. The summed E-state index contributed by atoms with van der Waals surface area (Å²) >= 11 is 0. The van der Waals surface area contributed by atoms with Crippen LogP contribution in [-0.4, -0.2) is 25.1 Å². The topological polar surface area (TPSA) is 72.5 Å². The number of amides is 1. The lowest BCUT2D eigenvalue weighted by molar-refractivity contribution is 0.0951. The Bertz CT molecular complexity index is 979. The van der Waals surface area contributed by atoms with Crippen molar-refractivity contribution < 1.29 is 18.7 Å². The maximum atomic E-state index is 13.8. The molecule has 3 aromatic rings. The van der Waals surface area contributed by atoms with Gasteiger partial charge in [0.25, 0.3) is 5.91 Å². The minimum atomic E-state index is -0.396. The summed E-state index contributed by atoms with van der Waals surface area (Å²) in [5.74, 6) is 0.926. The van der Waals surface area contributed by atoms with E-state index in [4.69, 9.17) is 9.47 Å². The quantitative estimate of drug-likeness (QED) is 0.649. The number of carbonyl (C=O) groups is 1. The molecule has 0 aliphatic carbocycles. The van der Waals surface area contributed by atoms with Crippen molar-refractivity contribution in [2.24, 2.45) is 0 Å². The Hall–Kier alpha value is -3.61. The van der Waals surface area contributed by atoms with Gasteiger partial charge in [0.05, 0.1) is 19.9 Å². The predicted molar refractivity (Wildman–Crippen MR) is 105 cm³/mol. The molecule has 1 amide bonds. The fourth-order valence-electron chi connectivity index (χ4n) is 2.62. The van der Waals surface area contributed by atoms with Crippen molar-refractivity contribution in [3.8, 4) is 11.5 Å². The molecule has 0 atom stereocenters. The molecule has 2 N–H and O–H groups in total. The zero-order valence-corrected chi connectivity index (χ0v) is 15.5. The zero-order valence-electron chi connectivity index (χ0n) is 15.5. The van der Waals surface area contributed by atoms with Gasteiger partial charge in [0.2, 0.25) is 0 Å². The second kappa shape index (κ2) is 8.85. The summed E-state index contributed by atoms with van der Waals surface area (Å²) < 4.78 is 24.2. The third-order valence-electron chi connectivity index (χ3n) is 4.06. The average molecular weight is 381 g/mol. The minimum Gasteiger partial charge on any atom is -0.493 e. The highest BCUT2D eigenvalue weighted by Crippen LogP contribution is 2.27. The summed E-state index contributed by atoms with van der Waals surface area (Å²) in [4.78, 5) is 16.6. The van der Waals surface area contributed by atoms with Crippen molar-refractivity contribution >= 4 is 17.4 Å². The van der Waals surface area contributed by atoms with E-state index in [-0.39, 0.29) is 11.6 Å². The van der Waals surface area contributed by atoms with E-state index in [9.17, 15) is 9.18 Å². The number of rotatable bonds is 7. The fraction of sp³-hybridized carbons (Fsp3) is 0.143. The van der Waals surface area contributed by atoms with Crippen LogP contribution < -0.4 is 20.1 Å². The largest absolute Gasteiger partial charge is 0.493 e. The Kier molecular flexibility index (Phi) is 6.06. The summed E-state index contributed by atoms with van der Waals surface area (Å²) in [5, 5.41) is 5.71. The van der Waals surface area contributed by atoms with Gasteiger partial charge in [-0.25, -0.2) is 9.37 Å². The number of para-hydroxylation sites is 1. The highest BCUT2D eigenvalue weighted by molar-refractivity contribution is 5.94. The van der Waals surface area contributed by atoms with Gasteiger partial charge in [-0.3, -0.25) is 4.79 Å². The van der Waals surface area contributed by atoms with E-state index in [2.05, 4.69) is 15.6 Å². The van der Waals surface area contributed by atoms with E-state index in [0.29, 0.717) is 29.4 Å². The van der Waals surface area contributed by atoms with Crippen molar-refractivity contribution in [1.29, 1.82) is 0 Å². The Morgan fingerprint density at radius 2 is 1.82 bits per heavy atom. The minimum absolute atomic E-state index is 0.270. The number of carbonyl (C=O) groups excluding carboxylic acids is 1. The lowest BCUT2D eigenvalue weighted by atomic mass is 10.2. The number of aromatic nitrogens is 1. The first-order valence-corrected chi connectivity index (χ1v) is 8.57. The number of nitrogens with zero attached hydrogens (tertiary/aromatic N) is 1. The zero-order chi connectivity index (χ0) is 19.9.